The molecule has 0 aromatic heterocycles. The van der Waals surface area contributed by atoms with Crippen molar-refractivity contribution in [1.82, 2.24) is 14.9 Å². The standard InChI is InChI=1S/C29H42N4O7S/c1-20(2)33(29(35)23-10-11-27(39-5)28(15-23)40-13-7-12-38-4)18-24-16-30-17-26(24)32-41(36,37)19-22-8-6-9-25(14-22)31-21(3)34/h6,8-11,14-15,20,24,26,30,32H,7,12-13,16-19H2,1-5H3,(H,31,34)/t24-,26+/m0/s1. The van der Waals surface area contributed by atoms with Crippen LogP contribution in [0.5, 0.6) is 11.5 Å². The maximum Gasteiger partial charge on any atom is 0.254 e. The summed E-state index contributed by atoms with van der Waals surface area (Å²) in [4.78, 5) is 26.8. The zero-order chi connectivity index (χ0) is 30.0. The topological polar surface area (TPSA) is 135 Å². The van der Waals surface area contributed by atoms with Crippen LogP contribution in [0, 0.1) is 5.92 Å². The van der Waals surface area contributed by atoms with Crippen molar-refractivity contribution in [3.8, 4) is 11.5 Å². The quantitative estimate of drug-likeness (QED) is 0.270. The van der Waals surface area contributed by atoms with E-state index in [1.165, 1.54) is 6.92 Å². The van der Waals surface area contributed by atoms with Crippen molar-refractivity contribution in [2.45, 2.75) is 45.0 Å². The first-order chi connectivity index (χ1) is 19.5. The zero-order valence-corrected chi connectivity index (χ0v) is 25.3. The molecule has 1 saturated heterocycles. The van der Waals surface area contributed by atoms with Gasteiger partial charge in [0.05, 0.1) is 19.5 Å². The van der Waals surface area contributed by atoms with Crippen LogP contribution in [0.3, 0.4) is 0 Å². The molecule has 0 unspecified atom stereocenters. The van der Waals surface area contributed by atoms with Crippen LogP contribution in [0.4, 0.5) is 5.69 Å². The maximum absolute atomic E-state index is 13.7. The summed E-state index contributed by atoms with van der Waals surface area (Å²) in [6.07, 6.45) is 0.697. The van der Waals surface area contributed by atoms with Gasteiger partial charge in [-0.05, 0) is 49.7 Å². The molecule has 41 heavy (non-hydrogen) atoms. The van der Waals surface area contributed by atoms with Crippen LogP contribution in [0.1, 0.15) is 43.1 Å². The molecule has 0 bridgehead atoms. The highest BCUT2D eigenvalue weighted by Crippen LogP contribution is 2.29. The van der Waals surface area contributed by atoms with Crippen LogP contribution in [0.2, 0.25) is 0 Å². The van der Waals surface area contributed by atoms with Gasteiger partial charge in [-0.1, -0.05) is 12.1 Å². The number of carbonyl (C=O) groups excluding carboxylic acids is 2. The highest BCUT2D eigenvalue weighted by molar-refractivity contribution is 7.88. The lowest BCUT2D eigenvalue weighted by Crippen LogP contribution is -2.47. The number of hydrogen-bond acceptors (Lipinski definition) is 8. The Morgan fingerprint density at radius 3 is 2.54 bits per heavy atom. The van der Waals surface area contributed by atoms with Gasteiger partial charge in [0.2, 0.25) is 15.9 Å². The second kappa shape index (κ2) is 15.2. The van der Waals surface area contributed by atoms with Crippen LogP contribution in [-0.4, -0.2) is 84.3 Å². The van der Waals surface area contributed by atoms with Crippen molar-refractivity contribution >= 4 is 27.5 Å². The molecular weight excluding hydrogens is 548 g/mol. The summed E-state index contributed by atoms with van der Waals surface area (Å²) in [7, 11) is -0.519. The Morgan fingerprint density at radius 1 is 1.07 bits per heavy atom. The molecule has 0 saturated carbocycles. The Hall–Kier alpha value is -3.19. The van der Waals surface area contributed by atoms with Gasteiger partial charge < -0.3 is 29.7 Å². The van der Waals surface area contributed by atoms with Gasteiger partial charge >= 0.3 is 0 Å². The predicted octanol–water partition coefficient (Wildman–Crippen LogP) is 2.63. The van der Waals surface area contributed by atoms with E-state index in [4.69, 9.17) is 14.2 Å². The smallest absolute Gasteiger partial charge is 0.254 e. The van der Waals surface area contributed by atoms with E-state index >= 15 is 0 Å². The van der Waals surface area contributed by atoms with Gasteiger partial charge in [0.1, 0.15) is 0 Å². The average Bonchev–Trinajstić information content (AvgIpc) is 3.34. The predicted molar refractivity (Wildman–Crippen MR) is 158 cm³/mol. The van der Waals surface area contributed by atoms with Crippen molar-refractivity contribution in [3.05, 3.63) is 53.6 Å². The van der Waals surface area contributed by atoms with Crippen molar-refractivity contribution in [2.75, 3.05) is 52.4 Å². The third kappa shape index (κ3) is 9.70. The number of benzene rings is 2. The van der Waals surface area contributed by atoms with Gasteiger partial charge in [-0.3, -0.25) is 9.59 Å². The summed E-state index contributed by atoms with van der Waals surface area (Å²) in [5, 5.41) is 5.93. The first-order valence-corrected chi connectivity index (χ1v) is 15.4. The lowest BCUT2D eigenvalue weighted by molar-refractivity contribution is -0.114. The summed E-state index contributed by atoms with van der Waals surface area (Å²) < 4.78 is 45.4. The molecular formula is C29H42N4O7S. The molecule has 3 rings (SSSR count). The van der Waals surface area contributed by atoms with Gasteiger partial charge in [-0.25, -0.2) is 13.1 Å². The summed E-state index contributed by atoms with van der Waals surface area (Å²) in [6, 6.07) is 11.4. The highest BCUT2D eigenvalue weighted by Gasteiger charge is 2.34. The minimum absolute atomic E-state index is 0.120. The number of hydrogen-bond donors (Lipinski definition) is 3. The first kappa shape index (κ1) is 32.3. The molecule has 0 spiro atoms. The fraction of sp³-hybridized carbons (Fsp3) is 0.517. The zero-order valence-electron chi connectivity index (χ0n) is 24.4. The Morgan fingerprint density at radius 2 is 1.85 bits per heavy atom. The molecule has 2 aromatic carbocycles. The number of amides is 2. The van der Waals surface area contributed by atoms with E-state index in [9.17, 15) is 18.0 Å². The lowest BCUT2D eigenvalue weighted by Gasteiger charge is -2.32. The first-order valence-electron chi connectivity index (χ1n) is 13.7. The number of ether oxygens (including phenoxy) is 3. The molecule has 12 heteroatoms. The molecule has 2 aromatic rings. The second-order valence-corrected chi connectivity index (χ2v) is 12.1. The Bertz CT molecular complexity index is 1290. The normalized spacial score (nSPS) is 16.9. The lowest BCUT2D eigenvalue weighted by atomic mass is 10.0. The fourth-order valence-electron chi connectivity index (χ4n) is 4.75. The Labute approximate surface area is 243 Å². The molecule has 226 valence electrons. The van der Waals surface area contributed by atoms with E-state index in [1.807, 2.05) is 13.8 Å². The number of carbonyl (C=O) groups is 2. The number of sulfonamides is 1. The summed E-state index contributed by atoms with van der Waals surface area (Å²) in [5.74, 6) is 0.251. The van der Waals surface area contributed by atoms with Crippen LogP contribution >= 0.6 is 0 Å². The fourth-order valence-corrected chi connectivity index (χ4v) is 6.19. The van der Waals surface area contributed by atoms with Crippen LogP contribution in [-0.2, 0) is 25.3 Å². The number of nitrogens with zero attached hydrogens (tertiary/aromatic N) is 1. The second-order valence-electron chi connectivity index (χ2n) is 10.4. The van der Waals surface area contributed by atoms with Crippen LogP contribution in [0.15, 0.2) is 42.5 Å². The largest absolute Gasteiger partial charge is 0.493 e. The van der Waals surface area contributed by atoms with E-state index < -0.39 is 10.0 Å². The van der Waals surface area contributed by atoms with Gasteiger partial charge in [0, 0.05) is 75.9 Å². The van der Waals surface area contributed by atoms with Crippen molar-refractivity contribution in [1.29, 1.82) is 0 Å². The van der Waals surface area contributed by atoms with Crippen molar-refractivity contribution in [2.24, 2.45) is 5.92 Å². The van der Waals surface area contributed by atoms with Gasteiger partial charge in [-0.2, -0.15) is 0 Å². The van der Waals surface area contributed by atoms with Gasteiger partial charge in [-0.15, -0.1) is 0 Å². The molecule has 2 amide bonds. The monoisotopic (exact) mass is 590 g/mol. The van der Waals surface area contributed by atoms with Crippen molar-refractivity contribution < 1.29 is 32.2 Å². The number of nitrogens with one attached hydrogen (secondary N) is 3. The van der Waals surface area contributed by atoms with Crippen LogP contribution in [0.25, 0.3) is 0 Å². The third-order valence-electron chi connectivity index (χ3n) is 6.75. The molecule has 2 atom stereocenters. The maximum atomic E-state index is 13.7. The number of methoxy groups -OCH3 is 2. The minimum Gasteiger partial charge on any atom is -0.493 e. The van der Waals surface area contributed by atoms with Gasteiger partial charge in [0.25, 0.3) is 5.91 Å². The van der Waals surface area contributed by atoms with E-state index in [1.54, 1.807) is 61.6 Å². The minimum atomic E-state index is -3.70. The van der Waals surface area contributed by atoms with Crippen LogP contribution < -0.4 is 24.8 Å². The van der Waals surface area contributed by atoms with E-state index in [0.29, 0.717) is 67.6 Å². The molecule has 1 aliphatic heterocycles. The molecule has 0 aliphatic carbocycles. The average molecular weight is 591 g/mol. The molecule has 1 fully saturated rings. The number of anilines is 1. The van der Waals surface area contributed by atoms with E-state index in [2.05, 4.69) is 15.4 Å². The molecule has 1 heterocycles. The molecule has 1 aliphatic rings. The molecule has 3 N–H and O–H groups in total. The molecule has 0 radical (unpaired) electrons. The van der Waals surface area contributed by atoms with Crippen molar-refractivity contribution in [3.63, 3.8) is 0 Å². The summed E-state index contributed by atoms with van der Waals surface area (Å²) >= 11 is 0. The summed E-state index contributed by atoms with van der Waals surface area (Å²) in [6.45, 7) is 7.64. The Balaban J connectivity index is 1.70. The van der Waals surface area contributed by atoms with E-state index in [0.717, 1.165) is 0 Å². The highest BCUT2D eigenvalue weighted by atomic mass is 32.2. The molecule has 11 nitrogen and oxygen atoms in total. The Kier molecular flexibility index (Phi) is 11.9. The van der Waals surface area contributed by atoms with E-state index in [-0.39, 0.29) is 35.6 Å². The summed E-state index contributed by atoms with van der Waals surface area (Å²) in [5.41, 5.74) is 1.56. The number of rotatable bonds is 15. The third-order valence-corrected chi connectivity index (χ3v) is 8.13. The SMILES string of the molecule is COCCCOc1cc(C(=O)N(C[C@@H]2CNC[C@H]2NS(=O)(=O)Cc2cccc(NC(C)=O)c2)C(C)C)ccc1OC. The van der Waals surface area contributed by atoms with Gasteiger partial charge in [0.15, 0.2) is 11.5 Å².